The van der Waals surface area contributed by atoms with Crippen molar-refractivity contribution in [3.63, 3.8) is 0 Å². The minimum absolute atomic E-state index is 0.0342. The van der Waals surface area contributed by atoms with E-state index in [-0.39, 0.29) is 22.8 Å². The number of aromatic nitrogens is 1. The van der Waals surface area contributed by atoms with Crippen molar-refractivity contribution in [1.82, 2.24) is 15.0 Å². The molecule has 1 fully saturated rings. The number of halogens is 1. The molecule has 4 rings (SSSR count). The minimum atomic E-state index is -2.68. The summed E-state index contributed by atoms with van der Waals surface area (Å²) in [4.78, 5) is 33.1. The Hall–Kier alpha value is -3.53. The van der Waals surface area contributed by atoms with Crippen LogP contribution in [0.15, 0.2) is 35.5 Å². The van der Waals surface area contributed by atoms with Gasteiger partial charge in [-0.15, -0.1) is 0 Å². The quantitative estimate of drug-likeness (QED) is 0.415. The molecule has 5 N–H and O–H groups in total. The number of carbonyl (C=O) groups excluding carboxylic acids is 1. The Morgan fingerprint density at radius 2 is 2.00 bits per heavy atom. The molecule has 0 spiro atoms. The van der Waals surface area contributed by atoms with E-state index in [1.807, 2.05) is 6.07 Å². The number of fused-ring (bicyclic) bond motifs is 1. The van der Waals surface area contributed by atoms with Gasteiger partial charge in [0.2, 0.25) is 0 Å². The molecule has 0 bridgehead atoms. The van der Waals surface area contributed by atoms with Crippen LogP contribution in [0.5, 0.6) is 0 Å². The largest absolute Gasteiger partial charge is 0.465 e. The first kappa shape index (κ1) is 25.6. The second-order valence-electron chi connectivity index (χ2n) is 9.50. The number of hydrogen-bond donors (Lipinski definition) is 5. The van der Waals surface area contributed by atoms with Gasteiger partial charge < -0.3 is 15.0 Å². The molecule has 0 saturated carbocycles. The Labute approximate surface area is 209 Å². The SMILES string of the molecule is Cc1cc(C#N)cnc1C(=O)Nc1ccc(F)c([C@@]2(C)N=C(NC(=O)O)C(C)(C)S3(O)NCC[C@H]23)c1. The van der Waals surface area contributed by atoms with Gasteiger partial charge in [-0.1, -0.05) is 10.5 Å². The number of nitrogens with zero attached hydrogens (tertiary/aromatic N) is 3. The monoisotopic (exact) mass is 514 g/mol. The Kier molecular flexibility index (Phi) is 6.28. The Morgan fingerprint density at radius 3 is 2.64 bits per heavy atom. The summed E-state index contributed by atoms with van der Waals surface area (Å²) >= 11 is 0. The van der Waals surface area contributed by atoms with Gasteiger partial charge in [0.05, 0.1) is 15.6 Å². The fraction of sp³-hybridized carbons (Fsp3) is 0.375. The van der Waals surface area contributed by atoms with E-state index in [0.29, 0.717) is 24.1 Å². The van der Waals surface area contributed by atoms with E-state index in [9.17, 15) is 19.2 Å². The maximum Gasteiger partial charge on any atom is 0.410 e. The summed E-state index contributed by atoms with van der Waals surface area (Å²) in [6.45, 7) is 7.21. The van der Waals surface area contributed by atoms with Crippen LogP contribution in [0.4, 0.5) is 14.9 Å². The van der Waals surface area contributed by atoms with Crippen LogP contribution < -0.4 is 15.4 Å². The van der Waals surface area contributed by atoms with Crippen molar-refractivity contribution < 1.29 is 23.6 Å². The second-order valence-corrected chi connectivity index (χ2v) is 12.6. The number of hydrogen-bond acceptors (Lipinski definition) is 7. The zero-order valence-electron chi connectivity index (χ0n) is 20.2. The second kappa shape index (κ2) is 8.85. The van der Waals surface area contributed by atoms with Crippen LogP contribution in [-0.4, -0.2) is 49.0 Å². The number of nitriles is 1. The molecule has 3 atom stereocenters. The molecule has 0 aliphatic carbocycles. The van der Waals surface area contributed by atoms with Gasteiger partial charge in [0.15, 0.2) is 0 Å². The summed E-state index contributed by atoms with van der Waals surface area (Å²) in [6.07, 6.45) is 0.459. The molecular formula is C24H27FN6O4S. The topological polar surface area (TPSA) is 160 Å². The van der Waals surface area contributed by atoms with Crippen LogP contribution in [0, 0.1) is 24.1 Å². The van der Waals surface area contributed by atoms with Gasteiger partial charge in [-0.2, -0.15) is 5.26 Å². The standard InChI is InChI=1S/C24H27FN6O4S/c1-13-9-14(11-26)12-27-19(13)20(32)29-15-5-6-17(25)16(10-15)24(4)18-7-8-28-36(18,35)23(2,3)21(31-24)30-22(33)34/h5-6,9-10,12,18,28,35H,7-8H2,1-4H3,(H,29,32)(H,30,31)(H,33,34)/t18-,24-/m1/s1. The summed E-state index contributed by atoms with van der Waals surface area (Å²) in [5.41, 5.74) is 0.0226. The summed E-state index contributed by atoms with van der Waals surface area (Å²) in [5, 5.41) is 22.9. The highest BCUT2D eigenvalue weighted by atomic mass is 32.3. The van der Waals surface area contributed by atoms with Gasteiger partial charge in [-0.05, 0) is 63.9 Å². The third-order valence-electron chi connectivity index (χ3n) is 6.88. The van der Waals surface area contributed by atoms with Crippen LogP contribution in [0.2, 0.25) is 0 Å². The van der Waals surface area contributed by atoms with Gasteiger partial charge in [-0.3, -0.25) is 19.8 Å². The number of nitrogens with one attached hydrogen (secondary N) is 3. The Bertz CT molecular complexity index is 1340. The molecule has 2 aliphatic heterocycles. The van der Waals surface area contributed by atoms with E-state index < -0.39 is 43.8 Å². The van der Waals surface area contributed by atoms with Crippen molar-refractivity contribution in [2.24, 2.45) is 4.99 Å². The lowest BCUT2D eigenvalue weighted by Crippen LogP contribution is -2.59. The summed E-state index contributed by atoms with van der Waals surface area (Å²) in [6, 6.07) is 7.56. The maximum atomic E-state index is 15.3. The molecule has 10 nitrogen and oxygen atoms in total. The summed E-state index contributed by atoms with van der Waals surface area (Å²) in [7, 11) is -2.68. The molecule has 1 aromatic heterocycles. The Balaban J connectivity index is 1.77. The minimum Gasteiger partial charge on any atom is -0.465 e. The molecule has 1 aromatic carbocycles. The molecule has 1 unspecified atom stereocenters. The van der Waals surface area contributed by atoms with E-state index in [4.69, 9.17) is 5.26 Å². The average Bonchev–Trinajstić information content (AvgIpc) is 3.23. The highest BCUT2D eigenvalue weighted by molar-refractivity contribution is 8.29. The Morgan fingerprint density at radius 1 is 1.28 bits per heavy atom. The van der Waals surface area contributed by atoms with E-state index >= 15 is 4.39 Å². The average molecular weight is 515 g/mol. The smallest absolute Gasteiger partial charge is 0.410 e. The molecule has 2 aromatic rings. The van der Waals surface area contributed by atoms with Crippen molar-refractivity contribution in [3.8, 4) is 6.07 Å². The van der Waals surface area contributed by atoms with E-state index in [1.165, 1.54) is 24.4 Å². The van der Waals surface area contributed by atoms with Crippen LogP contribution in [0.25, 0.3) is 0 Å². The van der Waals surface area contributed by atoms with Gasteiger partial charge >= 0.3 is 6.09 Å². The molecule has 36 heavy (non-hydrogen) atoms. The fourth-order valence-electron chi connectivity index (χ4n) is 4.92. The zero-order valence-corrected chi connectivity index (χ0v) is 21.0. The highest BCUT2D eigenvalue weighted by Crippen LogP contribution is 2.67. The predicted octanol–water partition coefficient (Wildman–Crippen LogP) is 3.88. The van der Waals surface area contributed by atoms with E-state index in [1.54, 1.807) is 33.8 Å². The number of amides is 2. The van der Waals surface area contributed by atoms with Crippen molar-refractivity contribution in [1.29, 1.82) is 5.26 Å². The van der Waals surface area contributed by atoms with Gasteiger partial charge in [-0.25, -0.2) is 14.2 Å². The van der Waals surface area contributed by atoms with Crippen molar-refractivity contribution in [3.05, 3.63) is 58.7 Å². The number of benzene rings is 1. The third-order valence-corrected chi connectivity index (χ3v) is 10.8. The lowest BCUT2D eigenvalue weighted by molar-refractivity contribution is 0.102. The third kappa shape index (κ3) is 3.99. The summed E-state index contributed by atoms with van der Waals surface area (Å²) in [5.74, 6) is -1.10. The van der Waals surface area contributed by atoms with Crippen LogP contribution in [0.3, 0.4) is 0 Å². The number of anilines is 1. The molecular weight excluding hydrogens is 487 g/mol. The molecule has 0 radical (unpaired) electrons. The molecule has 2 amide bonds. The number of carboxylic acid groups (broad SMARTS) is 1. The number of carbonyl (C=O) groups is 2. The lowest BCUT2D eigenvalue weighted by Gasteiger charge is -2.56. The van der Waals surface area contributed by atoms with Crippen molar-refractivity contribution in [2.45, 2.75) is 49.7 Å². The molecule has 2 aliphatic rings. The summed E-state index contributed by atoms with van der Waals surface area (Å²) < 4.78 is 29.2. The van der Waals surface area contributed by atoms with Crippen LogP contribution >= 0.6 is 10.5 Å². The van der Waals surface area contributed by atoms with Crippen LogP contribution in [0.1, 0.15) is 54.4 Å². The molecule has 190 valence electrons. The van der Waals surface area contributed by atoms with E-state index in [2.05, 4.69) is 25.3 Å². The van der Waals surface area contributed by atoms with Gasteiger partial charge in [0, 0.05) is 24.0 Å². The first-order valence-electron chi connectivity index (χ1n) is 11.2. The first-order valence-corrected chi connectivity index (χ1v) is 12.9. The highest BCUT2D eigenvalue weighted by Gasteiger charge is 2.61. The molecule has 1 saturated heterocycles. The zero-order chi connectivity index (χ0) is 26.5. The number of amidine groups is 1. The predicted molar refractivity (Wildman–Crippen MR) is 135 cm³/mol. The first-order chi connectivity index (χ1) is 16.8. The van der Waals surface area contributed by atoms with Crippen molar-refractivity contribution in [2.75, 3.05) is 11.9 Å². The fourth-order valence-corrected chi connectivity index (χ4v) is 8.32. The lowest BCUT2D eigenvalue weighted by atomic mass is 9.85. The van der Waals surface area contributed by atoms with Crippen LogP contribution in [-0.2, 0) is 5.54 Å². The molecule has 12 heteroatoms. The number of aryl methyl sites for hydroxylation is 1. The van der Waals surface area contributed by atoms with Gasteiger partial charge in [0.1, 0.15) is 29.0 Å². The number of rotatable bonds is 3. The number of pyridine rings is 1. The maximum absolute atomic E-state index is 15.3. The molecule has 3 heterocycles. The van der Waals surface area contributed by atoms with Crippen molar-refractivity contribution >= 4 is 34.0 Å². The normalized spacial score (nSPS) is 28.1. The number of aliphatic imine (C=N–C) groups is 1. The van der Waals surface area contributed by atoms with E-state index in [0.717, 1.165) is 0 Å². The van der Waals surface area contributed by atoms with Gasteiger partial charge in [0.25, 0.3) is 5.91 Å².